The van der Waals surface area contributed by atoms with Crippen molar-refractivity contribution in [2.45, 2.75) is 39.0 Å². The molecule has 0 atom stereocenters. The molecule has 3 N–H and O–H groups in total. The number of imide groups is 1. The van der Waals surface area contributed by atoms with Crippen LogP contribution in [-0.2, 0) is 4.74 Å². The van der Waals surface area contributed by atoms with Gasteiger partial charge in [0.05, 0.1) is 6.61 Å². The zero-order chi connectivity index (χ0) is 14.8. The van der Waals surface area contributed by atoms with Gasteiger partial charge in [-0.15, -0.1) is 0 Å². The summed E-state index contributed by atoms with van der Waals surface area (Å²) < 4.78 is 4.82. The summed E-state index contributed by atoms with van der Waals surface area (Å²) in [7, 11) is 0. The third kappa shape index (κ3) is 5.61. The number of carbonyl (C=O) groups excluding carboxylic acids is 2. The van der Waals surface area contributed by atoms with Crippen LogP contribution in [0.1, 0.15) is 39.0 Å². The number of nitrogens with zero attached hydrogens (tertiary/aromatic N) is 1. The predicted octanol–water partition coefficient (Wildman–Crippen LogP) is 2.21. The average Bonchev–Trinajstić information content (AvgIpc) is 2.46. The number of urea groups is 1. The molecule has 0 radical (unpaired) electrons. The Balaban J connectivity index is 2.44. The lowest BCUT2D eigenvalue weighted by molar-refractivity contribution is 0.116. The molecule has 3 amide bonds. The maximum absolute atomic E-state index is 11.9. The highest BCUT2D eigenvalue weighted by molar-refractivity contribution is 5.91. The standard InChI is InChI=1S/C14H25N3O3/c1-2-20-14(19)17(11-9-15)13(18)16-10-8-12-6-4-3-5-7-12/h8,10,12H,2-7,9,11,15H2,1H3,(H,16,18)/b10-8+. The lowest BCUT2D eigenvalue weighted by atomic mass is 9.89. The third-order valence-corrected chi connectivity index (χ3v) is 3.31. The van der Waals surface area contributed by atoms with Crippen LogP contribution in [0.2, 0.25) is 0 Å². The molecule has 0 saturated heterocycles. The number of allylic oxidation sites excluding steroid dienone is 1. The Labute approximate surface area is 120 Å². The van der Waals surface area contributed by atoms with Gasteiger partial charge in [0.25, 0.3) is 0 Å². The van der Waals surface area contributed by atoms with Gasteiger partial charge in [0, 0.05) is 19.3 Å². The normalized spacial score (nSPS) is 16.1. The lowest BCUT2D eigenvalue weighted by Crippen LogP contribution is -2.44. The molecule has 1 aliphatic rings. The molecule has 1 rings (SSSR count). The number of amides is 3. The predicted molar refractivity (Wildman–Crippen MR) is 77.0 cm³/mol. The Morgan fingerprint density at radius 2 is 2.05 bits per heavy atom. The summed E-state index contributed by atoms with van der Waals surface area (Å²) in [5.74, 6) is 0.523. The van der Waals surface area contributed by atoms with Crippen LogP contribution in [-0.4, -0.2) is 36.7 Å². The zero-order valence-corrected chi connectivity index (χ0v) is 12.1. The molecule has 0 bridgehead atoms. The van der Waals surface area contributed by atoms with E-state index in [2.05, 4.69) is 5.32 Å². The number of ether oxygens (including phenoxy) is 1. The maximum atomic E-state index is 11.9. The SMILES string of the molecule is CCOC(=O)N(CCN)C(=O)N/C=C/C1CCCCC1. The fourth-order valence-corrected chi connectivity index (χ4v) is 2.27. The van der Waals surface area contributed by atoms with Crippen molar-refractivity contribution in [2.75, 3.05) is 19.7 Å². The molecular formula is C14H25N3O3. The van der Waals surface area contributed by atoms with E-state index in [0.717, 1.165) is 17.7 Å². The Hall–Kier alpha value is -1.56. The van der Waals surface area contributed by atoms with E-state index in [4.69, 9.17) is 10.5 Å². The van der Waals surface area contributed by atoms with Gasteiger partial charge in [-0.2, -0.15) is 0 Å². The van der Waals surface area contributed by atoms with Gasteiger partial charge >= 0.3 is 12.1 Å². The van der Waals surface area contributed by atoms with Gasteiger partial charge in [0.15, 0.2) is 0 Å². The Kier molecular flexibility index (Phi) is 7.72. The van der Waals surface area contributed by atoms with E-state index in [-0.39, 0.29) is 19.7 Å². The van der Waals surface area contributed by atoms with E-state index in [1.165, 1.54) is 19.3 Å². The molecular weight excluding hydrogens is 258 g/mol. The molecule has 0 spiro atoms. The summed E-state index contributed by atoms with van der Waals surface area (Å²) in [6.07, 6.45) is 9.07. The number of rotatable bonds is 5. The van der Waals surface area contributed by atoms with Crippen LogP contribution < -0.4 is 11.1 Å². The highest BCUT2D eigenvalue weighted by Crippen LogP contribution is 2.24. The average molecular weight is 283 g/mol. The molecule has 114 valence electrons. The van der Waals surface area contributed by atoms with Gasteiger partial charge in [0.1, 0.15) is 0 Å². The van der Waals surface area contributed by atoms with Crippen molar-refractivity contribution in [2.24, 2.45) is 11.7 Å². The first-order valence-corrected chi connectivity index (χ1v) is 7.30. The monoisotopic (exact) mass is 283 g/mol. The minimum Gasteiger partial charge on any atom is -0.449 e. The van der Waals surface area contributed by atoms with Crippen molar-refractivity contribution in [1.29, 1.82) is 0 Å². The van der Waals surface area contributed by atoms with Crippen molar-refractivity contribution in [3.05, 3.63) is 12.3 Å². The van der Waals surface area contributed by atoms with Gasteiger partial charge in [-0.25, -0.2) is 14.5 Å². The molecule has 0 unspecified atom stereocenters. The summed E-state index contributed by atoms with van der Waals surface area (Å²) in [6, 6.07) is -0.499. The fourth-order valence-electron chi connectivity index (χ4n) is 2.27. The molecule has 0 aromatic rings. The van der Waals surface area contributed by atoms with E-state index >= 15 is 0 Å². The first kappa shape index (κ1) is 16.5. The van der Waals surface area contributed by atoms with E-state index < -0.39 is 12.1 Å². The number of hydrogen-bond donors (Lipinski definition) is 2. The van der Waals surface area contributed by atoms with Gasteiger partial charge in [-0.3, -0.25) is 0 Å². The van der Waals surface area contributed by atoms with Gasteiger partial charge < -0.3 is 15.8 Å². The van der Waals surface area contributed by atoms with Crippen LogP contribution in [0.4, 0.5) is 9.59 Å². The van der Waals surface area contributed by atoms with Crippen LogP contribution in [0.15, 0.2) is 12.3 Å². The molecule has 1 saturated carbocycles. The van der Waals surface area contributed by atoms with Crippen molar-refractivity contribution < 1.29 is 14.3 Å². The molecule has 6 heteroatoms. The molecule has 6 nitrogen and oxygen atoms in total. The fraction of sp³-hybridized carbons (Fsp3) is 0.714. The first-order valence-electron chi connectivity index (χ1n) is 7.30. The Morgan fingerprint density at radius 1 is 1.35 bits per heavy atom. The molecule has 0 aromatic carbocycles. The first-order chi connectivity index (χ1) is 9.69. The summed E-state index contributed by atoms with van der Waals surface area (Å²) in [4.78, 5) is 24.5. The van der Waals surface area contributed by atoms with E-state index in [0.29, 0.717) is 5.92 Å². The van der Waals surface area contributed by atoms with Crippen LogP contribution in [0.3, 0.4) is 0 Å². The minimum atomic E-state index is -0.665. The van der Waals surface area contributed by atoms with Crippen molar-refractivity contribution >= 4 is 12.1 Å². The second kappa shape index (κ2) is 9.36. The molecule has 1 aliphatic carbocycles. The largest absolute Gasteiger partial charge is 0.449 e. The minimum absolute atomic E-state index is 0.141. The third-order valence-electron chi connectivity index (χ3n) is 3.31. The summed E-state index contributed by atoms with van der Waals surface area (Å²) in [5.41, 5.74) is 5.40. The van der Waals surface area contributed by atoms with E-state index in [1.54, 1.807) is 13.1 Å². The van der Waals surface area contributed by atoms with Gasteiger partial charge in [-0.1, -0.05) is 25.3 Å². The van der Waals surface area contributed by atoms with Crippen molar-refractivity contribution in [1.82, 2.24) is 10.2 Å². The topological polar surface area (TPSA) is 84.7 Å². The lowest BCUT2D eigenvalue weighted by Gasteiger charge is -2.20. The molecule has 0 aromatic heterocycles. The summed E-state index contributed by atoms with van der Waals surface area (Å²) in [6.45, 7) is 2.27. The summed E-state index contributed by atoms with van der Waals surface area (Å²) in [5, 5.41) is 2.60. The number of hydrogen-bond acceptors (Lipinski definition) is 4. The van der Waals surface area contributed by atoms with E-state index in [9.17, 15) is 9.59 Å². The van der Waals surface area contributed by atoms with Crippen LogP contribution >= 0.6 is 0 Å². The Bertz CT molecular complexity index is 339. The van der Waals surface area contributed by atoms with E-state index in [1.807, 2.05) is 6.08 Å². The number of nitrogens with one attached hydrogen (secondary N) is 1. The van der Waals surface area contributed by atoms with Gasteiger partial charge in [-0.05, 0) is 25.7 Å². The molecule has 20 heavy (non-hydrogen) atoms. The second-order valence-electron chi connectivity index (χ2n) is 4.85. The molecule has 1 fully saturated rings. The highest BCUT2D eigenvalue weighted by Gasteiger charge is 2.21. The molecule has 0 heterocycles. The van der Waals surface area contributed by atoms with Crippen LogP contribution in [0.25, 0.3) is 0 Å². The van der Waals surface area contributed by atoms with Gasteiger partial charge in [0.2, 0.25) is 0 Å². The quantitative estimate of drug-likeness (QED) is 0.810. The maximum Gasteiger partial charge on any atom is 0.418 e. The molecule has 0 aliphatic heterocycles. The highest BCUT2D eigenvalue weighted by atomic mass is 16.6. The van der Waals surface area contributed by atoms with Crippen molar-refractivity contribution in [3.8, 4) is 0 Å². The smallest absolute Gasteiger partial charge is 0.418 e. The second-order valence-corrected chi connectivity index (χ2v) is 4.85. The van der Waals surface area contributed by atoms with Crippen LogP contribution in [0.5, 0.6) is 0 Å². The van der Waals surface area contributed by atoms with Crippen molar-refractivity contribution in [3.63, 3.8) is 0 Å². The van der Waals surface area contributed by atoms with Crippen LogP contribution in [0, 0.1) is 5.92 Å². The Morgan fingerprint density at radius 3 is 2.65 bits per heavy atom. The zero-order valence-electron chi connectivity index (χ0n) is 12.1. The number of nitrogens with two attached hydrogens (primary N) is 1. The number of carbonyl (C=O) groups is 2. The summed E-state index contributed by atoms with van der Waals surface area (Å²) >= 11 is 0.